The van der Waals surface area contributed by atoms with E-state index in [9.17, 15) is 4.39 Å². The molecular formula is C13H10FN5O. The Morgan fingerprint density at radius 2 is 2.15 bits per heavy atom. The highest BCUT2D eigenvalue weighted by Gasteiger charge is 2.15. The second kappa shape index (κ2) is 5.29. The fourth-order valence-electron chi connectivity index (χ4n) is 1.81. The number of halogens is 1. The lowest BCUT2D eigenvalue weighted by atomic mass is 10.2. The van der Waals surface area contributed by atoms with E-state index in [0.29, 0.717) is 5.56 Å². The van der Waals surface area contributed by atoms with Crippen LogP contribution in [0.1, 0.15) is 17.0 Å². The Labute approximate surface area is 114 Å². The molecule has 0 unspecified atom stereocenters. The molecule has 2 N–H and O–H groups in total. The molecule has 0 aliphatic heterocycles. The zero-order chi connectivity index (χ0) is 14.7. The predicted molar refractivity (Wildman–Crippen MR) is 68.1 cm³/mol. The summed E-state index contributed by atoms with van der Waals surface area (Å²) in [5, 5.41) is 17.9. The molecule has 0 saturated carbocycles. The van der Waals surface area contributed by atoms with Gasteiger partial charge in [0.1, 0.15) is 12.1 Å². The molecule has 0 fully saturated rings. The molecule has 1 aromatic heterocycles. The van der Waals surface area contributed by atoms with Crippen molar-refractivity contribution in [1.82, 2.24) is 9.55 Å². The largest absolute Gasteiger partial charge is 0.494 e. The van der Waals surface area contributed by atoms with E-state index in [-0.39, 0.29) is 29.6 Å². The van der Waals surface area contributed by atoms with Crippen LogP contribution >= 0.6 is 0 Å². The van der Waals surface area contributed by atoms with Crippen LogP contribution in [0.3, 0.4) is 0 Å². The molecule has 0 atom stereocenters. The molecule has 2 rings (SSSR count). The minimum Gasteiger partial charge on any atom is -0.494 e. The van der Waals surface area contributed by atoms with Crippen LogP contribution in [0.2, 0.25) is 0 Å². The second-order valence-electron chi connectivity index (χ2n) is 3.95. The third kappa shape index (κ3) is 2.25. The summed E-state index contributed by atoms with van der Waals surface area (Å²) in [5.41, 5.74) is 6.26. The van der Waals surface area contributed by atoms with Crippen LogP contribution in [0.4, 0.5) is 10.3 Å². The van der Waals surface area contributed by atoms with Crippen LogP contribution in [0.5, 0.6) is 5.75 Å². The number of benzene rings is 1. The van der Waals surface area contributed by atoms with Gasteiger partial charge in [-0.15, -0.1) is 0 Å². The molecule has 6 nitrogen and oxygen atoms in total. The minimum atomic E-state index is -0.511. The van der Waals surface area contributed by atoms with E-state index >= 15 is 0 Å². The Morgan fingerprint density at radius 3 is 2.70 bits per heavy atom. The SMILES string of the molecule is COc1ccc(Cn2c(N)nc(C#N)c2C#N)cc1F. The number of aromatic nitrogens is 2. The average molecular weight is 271 g/mol. The molecule has 0 radical (unpaired) electrons. The maximum atomic E-state index is 13.6. The highest BCUT2D eigenvalue weighted by Crippen LogP contribution is 2.20. The fraction of sp³-hybridized carbons (Fsp3) is 0.154. The molecule has 0 aliphatic carbocycles. The van der Waals surface area contributed by atoms with Crippen LogP contribution in [-0.2, 0) is 6.54 Å². The van der Waals surface area contributed by atoms with Crippen molar-refractivity contribution in [2.24, 2.45) is 0 Å². The van der Waals surface area contributed by atoms with Gasteiger partial charge in [-0.25, -0.2) is 9.37 Å². The van der Waals surface area contributed by atoms with Crippen molar-refractivity contribution in [3.05, 3.63) is 41.0 Å². The predicted octanol–water partition coefficient (Wildman–Crippen LogP) is 1.40. The van der Waals surface area contributed by atoms with E-state index in [2.05, 4.69) is 4.98 Å². The van der Waals surface area contributed by atoms with E-state index in [1.807, 2.05) is 6.07 Å². The van der Waals surface area contributed by atoms with Crippen molar-refractivity contribution in [1.29, 1.82) is 10.5 Å². The van der Waals surface area contributed by atoms with Crippen molar-refractivity contribution in [3.63, 3.8) is 0 Å². The summed E-state index contributed by atoms with van der Waals surface area (Å²) in [6, 6.07) is 8.08. The maximum Gasteiger partial charge on any atom is 0.202 e. The number of hydrogen-bond donors (Lipinski definition) is 1. The molecule has 7 heteroatoms. The lowest BCUT2D eigenvalue weighted by Gasteiger charge is -2.08. The molecule has 100 valence electrons. The smallest absolute Gasteiger partial charge is 0.202 e. The van der Waals surface area contributed by atoms with E-state index < -0.39 is 5.82 Å². The number of ether oxygens (including phenoxy) is 1. The van der Waals surface area contributed by atoms with Gasteiger partial charge in [-0.2, -0.15) is 10.5 Å². The Bertz CT molecular complexity index is 738. The number of nitrogens with two attached hydrogens (primary N) is 1. The number of methoxy groups -OCH3 is 1. The van der Waals surface area contributed by atoms with E-state index in [1.165, 1.54) is 23.8 Å². The summed E-state index contributed by atoms with van der Waals surface area (Å²) in [4.78, 5) is 3.79. The Morgan fingerprint density at radius 1 is 1.40 bits per heavy atom. The van der Waals surface area contributed by atoms with Crippen molar-refractivity contribution in [2.75, 3.05) is 12.8 Å². The zero-order valence-corrected chi connectivity index (χ0v) is 10.6. The highest BCUT2D eigenvalue weighted by molar-refractivity contribution is 5.44. The van der Waals surface area contributed by atoms with Gasteiger partial charge < -0.3 is 10.5 Å². The Balaban J connectivity index is 2.41. The van der Waals surface area contributed by atoms with Gasteiger partial charge in [0.15, 0.2) is 23.0 Å². The molecule has 0 aliphatic rings. The quantitative estimate of drug-likeness (QED) is 0.909. The lowest BCUT2D eigenvalue weighted by molar-refractivity contribution is 0.386. The second-order valence-corrected chi connectivity index (χ2v) is 3.95. The van der Waals surface area contributed by atoms with Crippen LogP contribution in [-0.4, -0.2) is 16.7 Å². The summed E-state index contributed by atoms with van der Waals surface area (Å²) >= 11 is 0. The molecule has 1 heterocycles. The van der Waals surface area contributed by atoms with Crippen LogP contribution in [0.25, 0.3) is 0 Å². The van der Waals surface area contributed by atoms with Gasteiger partial charge in [0.2, 0.25) is 5.95 Å². The molecule has 1 aromatic carbocycles. The number of nitrogens with zero attached hydrogens (tertiary/aromatic N) is 4. The Hall–Kier alpha value is -3.06. The summed E-state index contributed by atoms with van der Waals surface area (Å²) in [6.45, 7) is 0.143. The molecule has 0 spiro atoms. The van der Waals surface area contributed by atoms with Crippen LogP contribution in [0, 0.1) is 28.5 Å². The minimum absolute atomic E-state index is 0.0364. The first-order valence-electron chi connectivity index (χ1n) is 5.59. The number of anilines is 1. The first-order chi connectivity index (χ1) is 9.60. The van der Waals surface area contributed by atoms with Crippen molar-refractivity contribution < 1.29 is 9.13 Å². The van der Waals surface area contributed by atoms with E-state index in [1.54, 1.807) is 12.1 Å². The number of nitrogen functional groups attached to an aromatic ring is 1. The number of imidazole rings is 1. The topological polar surface area (TPSA) is 101 Å². The molecule has 0 saturated heterocycles. The molecular weight excluding hydrogens is 261 g/mol. The highest BCUT2D eigenvalue weighted by atomic mass is 19.1. The summed E-state index contributed by atoms with van der Waals surface area (Å²) in [7, 11) is 1.37. The molecule has 20 heavy (non-hydrogen) atoms. The van der Waals surface area contributed by atoms with E-state index in [4.69, 9.17) is 21.0 Å². The fourth-order valence-corrected chi connectivity index (χ4v) is 1.81. The van der Waals surface area contributed by atoms with Gasteiger partial charge in [0.05, 0.1) is 13.7 Å². The monoisotopic (exact) mass is 271 g/mol. The molecule has 0 amide bonds. The summed E-state index contributed by atoms with van der Waals surface area (Å²) in [5.74, 6) is -0.345. The van der Waals surface area contributed by atoms with Gasteiger partial charge in [-0.1, -0.05) is 6.07 Å². The number of nitriles is 2. The first kappa shape index (κ1) is 13.4. The first-order valence-corrected chi connectivity index (χ1v) is 5.59. The summed E-state index contributed by atoms with van der Waals surface area (Å²) < 4.78 is 19.8. The standard InChI is InChI=1S/C13H10FN5O/c1-20-12-3-2-8(4-9(12)14)7-19-11(6-16)10(5-15)18-13(19)17/h2-4H,7H2,1H3,(H2,17,18). The lowest BCUT2D eigenvalue weighted by Crippen LogP contribution is -2.07. The third-order valence-corrected chi connectivity index (χ3v) is 2.77. The van der Waals surface area contributed by atoms with Gasteiger partial charge in [0, 0.05) is 0 Å². The van der Waals surface area contributed by atoms with E-state index in [0.717, 1.165) is 0 Å². The van der Waals surface area contributed by atoms with Gasteiger partial charge in [-0.3, -0.25) is 4.57 Å². The van der Waals surface area contributed by atoms with Gasteiger partial charge >= 0.3 is 0 Å². The van der Waals surface area contributed by atoms with Crippen molar-refractivity contribution >= 4 is 5.95 Å². The molecule has 0 bridgehead atoms. The maximum absolute atomic E-state index is 13.6. The van der Waals surface area contributed by atoms with Crippen LogP contribution in [0.15, 0.2) is 18.2 Å². The molecule has 2 aromatic rings. The van der Waals surface area contributed by atoms with Crippen LogP contribution < -0.4 is 10.5 Å². The normalized spacial score (nSPS) is 9.80. The average Bonchev–Trinajstić information content (AvgIpc) is 2.75. The zero-order valence-electron chi connectivity index (χ0n) is 10.6. The number of hydrogen-bond acceptors (Lipinski definition) is 5. The van der Waals surface area contributed by atoms with Crippen molar-refractivity contribution in [3.8, 4) is 17.9 Å². The third-order valence-electron chi connectivity index (χ3n) is 2.77. The number of rotatable bonds is 3. The summed E-state index contributed by atoms with van der Waals surface area (Å²) in [6.07, 6.45) is 0. The van der Waals surface area contributed by atoms with Gasteiger partial charge in [0.25, 0.3) is 0 Å². The Kier molecular flexibility index (Phi) is 3.54. The van der Waals surface area contributed by atoms with Gasteiger partial charge in [-0.05, 0) is 17.7 Å². The van der Waals surface area contributed by atoms with Crippen molar-refractivity contribution in [2.45, 2.75) is 6.54 Å².